The SMILES string of the molecule is Cc1nc(NS(=O)(=O)c2cc(C(=O)Nc3ccccc3)c(Cl)cc2SCc2ccccc2)nc2ccccc12. The number of hydrogen-bond donors (Lipinski definition) is 2. The van der Waals surface area contributed by atoms with Crippen molar-refractivity contribution in [1.29, 1.82) is 0 Å². The predicted molar refractivity (Wildman–Crippen MR) is 157 cm³/mol. The second-order valence-corrected chi connectivity index (χ2v) is 11.7. The van der Waals surface area contributed by atoms with Crippen molar-refractivity contribution in [2.45, 2.75) is 22.5 Å². The van der Waals surface area contributed by atoms with Crippen LogP contribution in [0.4, 0.5) is 11.6 Å². The molecule has 0 bridgehead atoms. The highest BCUT2D eigenvalue weighted by atomic mass is 35.5. The Morgan fingerprint density at radius 3 is 2.31 bits per heavy atom. The van der Waals surface area contributed by atoms with Gasteiger partial charge < -0.3 is 5.32 Å². The number of fused-ring (bicyclic) bond motifs is 1. The van der Waals surface area contributed by atoms with Gasteiger partial charge in [-0.25, -0.2) is 23.1 Å². The van der Waals surface area contributed by atoms with Crippen LogP contribution in [0.1, 0.15) is 21.6 Å². The fraction of sp³-hybridized carbons (Fsp3) is 0.0690. The number of aryl methyl sites for hydroxylation is 1. The molecule has 0 fully saturated rings. The molecule has 0 aliphatic carbocycles. The van der Waals surface area contributed by atoms with Crippen molar-refractivity contribution < 1.29 is 13.2 Å². The van der Waals surface area contributed by atoms with E-state index in [9.17, 15) is 13.2 Å². The Hall–Kier alpha value is -3.92. The van der Waals surface area contributed by atoms with Gasteiger partial charge in [0.1, 0.15) is 4.90 Å². The second-order valence-electron chi connectivity index (χ2n) is 8.63. The molecule has 39 heavy (non-hydrogen) atoms. The third-order valence-electron chi connectivity index (χ3n) is 5.86. The van der Waals surface area contributed by atoms with E-state index in [2.05, 4.69) is 20.0 Å². The van der Waals surface area contributed by atoms with Crippen LogP contribution in [0.3, 0.4) is 0 Å². The first kappa shape index (κ1) is 26.7. The zero-order valence-corrected chi connectivity index (χ0v) is 23.1. The Morgan fingerprint density at radius 1 is 0.897 bits per heavy atom. The first-order chi connectivity index (χ1) is 18.8. The lowest BCUT2D eigenvalue weighted by molar-refractivity contribution is 0.102. The van der Waals surface area contributed by atoms with Gasteiger partial charge in [0.05, 0.1) is 21.8 Å². The van der Waals surface area contributed by atoms with E-state index < -0.39 is 15.9 Å². The lowest BCUT2D eigenvalue weighted by atomic mass is 10.2. The predicted octanol–water partition coefficient (Wildman–Crippen LogP) is 6.94. The highest BCUT2D eigenvalue weighted by Crippen LogP contribution is 2.35. The van der Waals surface area contributed by atoms with Gasteiger partial charge in [-0.15, -0.1) is 11.8 Å². The van der Waals surface area contributed by atoms with Crippen molar-refractivity contribution in [3.63, 3.8) is 0 Å². The number of amides is 1. The fourth-order valence-electron chi connectivity index (χ4n) is 3.94. The van der Waals surface area contributed by atoms with E-state index in [1.165, 1.54) is 23.9 Å². The van der Waals surface area contributed by atoms with Crippen LogP contribution in [-0.4, -0.2) is 24.3 Å². The molecule has 0 atom stereocenters. The van der Waals surface area contributed by atoms with Crippen molar-refractivity contribution >= 4 is 61.8 Å². The summed E-state index contributed by atoms with van der Waals surface area (Å²) in [6.45, 7) is 1.79. The smallest absolute Gasteiger partial charge is 0.265 e. The number of rotatable bonds is 8. The number of aromatic nitrogens is 2. The first-order valence-electron chi connectivity index (χ1n) is 11.9. The number of benzene rings is 4. The maximum atomic E-state index is 13.7. The highest BCUT2D eigenvalue weighted by Gasteiger charge is 2.25. The third-order valence-corrected chi connectivity index (χ3v) is 8.79. The van der Waals surface area contributed by atoms with E-state index in [1.54, 1.807) is 37.3 Å². The van der Waals surface area contributed by atoms with Gasteiger partial charge in [-0.1, -0.05) is 78.3 Å². The monoisotopic (exact) mass is 574 g/mol. The summed E-state index contributed by atoms with van der Waals surface area (Å²) >= 11 is 7.83. The molecule has 1 amide bonds. The molecule has 10 heteroatoms. The molecule has 1 aromatic heterocycles. The number of halogens is 1. The molecular weight excluding hydrogens is 552 g/mol. The minimum absolute atomic E-state index is 0.0283. The zero-order chi connectivity index (χ0) is 27.4. The number of anilines is 2. The summed E-state index contributed by atoms with van der Waals surface area (Å²) in [6.07, 6.45) is 0. The van der Waals surface area contributed by atoms with Gasteiger partial charge in [0, 0.05) is 21.7 Å². The van der Waals surface area contributed by atoms with E-state index >= 15 is 0 Å². The highest BCUT2D eigenvalue weighted by molar-refractivity contribution is 7.99. The molecular formula is C29H23ClN4O3S2. The lowest BCUT2D eigenvalue weighted by Crippen LogP contribution is -2.19. The van der Waals surface area contributed by atoms with Crippen molar-refractivity contribution in [2.24, 2.45) is 0 Å². The molecule has 196 valence electrons. The molecule has 7 nitrogen and oxygen atoms in total. The quantitative estimate of drug-likeness (QED) is 0.195. The molecule has 5 rings (SSSR count). The Morgan fingerprint density at radius 2 is 1.56 bits per heavy atom. The summed E-state index contributed by atoms with van der Waals surface area (Å²) in [4.78, 5) is 22.1. The minimum Gasteiger partial charge on any atom is -0.322 e. The topological polar surface area (TPSA) is 101 Å². The molecule has 0 aliphatic rings. The summed E-state index contributed by atoms with van der Waals surface area (Å²) in [6, 6.07) is 28.7. The molecule has 0 spiro atoms. The van der Waals surface area contributed by atoms with E-state index in [4.69, 9.17) is 11.6 Å². The summed E-state index contributed by atoms with van der Waals surface area (Å²) < 4.78 is 30.0. The maximum Gasteiger partial charge on any atom is 0.265 e. The van der Waals surface area contributed by atoms with Crippen LogP contribution in [0.5, 0.6) is 0 Å². The Balaban J connectivity index is 1.53. The van der Waals surface area contributed by atoms with Crippen LogP contribution in [-0.2, 0) is 15.8 Å². The van der Waals surface area contributed by atoms with Gasteiger partial charge in [-0.05, 0) is 42.8 Å². The normalized spacial score (nSPS) is 11.3. The Labute approximate surface area is 235 Å². The molecule has 0 saturated heterocycles. The first-order valence-corrected chi connectivity index (χ1v) is 14.8. The van der Waals surface area contributed by atoms with E-state index in [0.29, 0.717) is 27.5 Å². The summed E-state index contributed by atoms with van der Waals surface area (Å²) in [5, 5.41) is 3.72. The maximum absolute atomic E-state index is 13.7. The standard InChI is InChI=1S/C29H23ClN4O3S2/c1-19-22-14-8-9-15-25(22)33-29(31-19)34-39(36,37)27-16-23(28(35)32-21-12-6-3-7-13-21)24(30)17-26(27)38-18-20-10-4-2-5-11-20/h2-17H,18H2,1H3,(H,32,35)(H,31,33,34). The van der Waals surface area contributed by atoms with E-state index in [1.807, 2.05) is 54.6 Å². The Kier molecular flexibility index (Phi) is 7.83. The van der Waals surface area contributed by atoms with Crippen molar-refractivity contribution in [2.75, 3.05) is 10.0 Å². The number of carbonyl (C=O) groups is 1. The van der Waals surface area contributed by atoms with E-state index in [0.717, 1.165) is 10.9 Å². The summed E-state index contributed by atoms with van der Waals surface area (Å²) in [7, 11) is -4.21. The van der Waals surface area contributed by atoms with E-state index in [-0.39, 0.29) is 21.4 Å². The summed E-state index contributed by atoms with van der Waals surface area (Å²) in [5.41, 5.74) is 2.84. The number of carbonyl (C=O) groups excluding carboxylic acids is 1. The molecule has 5 aromatic rings. The van der Waals surface area contributed by atoms with Crippen LogP contribution in [0.15, 0.2) is 107 Å². The molecule has 0 aliphatic heterocycles. The molecule has 1 heterocycles. The van der Waals surface area contributed by atoms with Gasteiger partial charge in [0.2, 0.25) is 5.95 Å². The van der Waals surface area contributed by atoms with Crippen LogP contribution in [0, 0.1) is 6.92 Å². The van der Waals surface area contributed by atoms with Crippen LogP contribution in [0.2, 0.25) is 5.02 Å². The molecule has 0 saturated carbocycles. The lowest BCUT2D eigenvalue weighted by Gasteiger charge is -2.15. The largest absolute Gasteiger partial charge is 0.322 e. The number of thioether (sulfide) groups is 1. The number of nitrogens with zero attached hydrogens (tertiary/aromatic N) is 2. The molecule has 0 radical (unpaired) electrons. The average Bonchev–Trinajstić information content (AvgIpc) is 2.92. The minimum atomic E-state index is -4.21. The van der Waals surface area contributed by atoms with Gasteiger partial charge >= 0.3 is 0 Å². The van der Waals surface area contributed by atoms with Crippen LogP contribution in [0.25, 0.3) is 10.9 Å². The molecule has 0 unspecified atom stereocenters. The van der Waals surface area contributed by atoms with Crippen LogP contribution >= 0.6 is 23.4 Å². The van der Waals surface area contributed by atoms with Crippen molar-refractivity contribution in [3.05, 3.63) is 119 Å². The summed E-state index contributed by atoms with van der Waals surface area (Å²) in [5.74, 6) is -0.0867. The van der Waals surface area contributed by atoms with Crippen molar-refractivity contribution in [1.82, 2.24) is 9.97 Å². The average molecular weight is 575 g/mol. The number of para-hydroxylation sites is 2. The third kappa shape index (κ3) is 6.22. The molecule has 2 N–H and O–H groups in total. The zero-order valence-electron chi connectivity index (χ0n) is 20.8. The second kappa shape index (κ2) is 11.4. The van der Waals surface area contributed by atoms with Gasteiger partial charge in [-0.3, -0.25) is 4.79 Å². The van der Waals surface area contributed by atoms with Gasteiger partial charge in [0.25, 0.3) is 15.9 Å². The Bertz CT molecular complexity index is 1770. The molecule has 4 aromatic carbocycles. The van der Waals surface area contributed by atoms with Gasteiger partial charge in [0.15, 0.2) is 0 Å². The number of sulfonamides is 1. The van der Waals surface area contributed by atoms with Gasteiger partial charge in [-0.2, -0.15) is 0 Å². The number of nitrogens with one attached hydrogen (secondary N) is 2. The van der Waals surface area contributed by atoms with Crippen molar-refractivity contribution in [3.8, 4) is 0 Å². The van der Waals surface area contributed by atoms with Crippen LogP contribution < -0.4 is 10.0 Å². The number of hydrogen-bond acceptors (Lipinski definition) is 6. The fourth-order valence-corrected chi connectivity index (χ4v) is 6.72.